The third-order valence-corrected chi connectivity index (χ3v) is 2.68. The summed E-state index contributed by atoms with van der Waals surface area (Å²) in [5.41, 5.74) is 1.06. The van der Waals surface area contributed by atoms with Gasteiger partial charge in [0.15, 0.2) is 0 Å². The molecule has 0 aromatic heterocycles. The molecule has 0 spiro atoms. The first-order valence-electron chi connectivity index (χ1n) is 5.70. The maximum atomic E-state index is 10.9. The number of carboxylic acid groups (broad SMARTS) is 1. The minimum atomic E-state index is -1.23. The van der Waals surface area contributed by atoms with Crippen molar-refractivity contribution < 1.29 is 66.0 Å². The number of aromatic carboxylic acids is 1. The summed E-state index contributed by atoms with van der Waals surface area (Å²) in [4.78, 5) is 10.9. The van der Waals surface area contributed by atoms with Crippen LogP contribution in [0.1, 0.15) is 28.9 Å². The van der Waals surface area contributed by atoms with E-state index in [0.717, 1.165) is 5.56 Å². The van der Waals surface area contributed by atoms with Gasteiger partial charge in [0.1, 0.15) is 11.9 Å². The van der Waals surface area contributed by atoms with Crippen LogP contribution >= 0.6 is 0 Å². The number of benzene rings is 2. The second-order valence-electron chi connectivity index (χ2n) is 3.95. The Morgan fingerprint density at radius 2 is 1.63 bits per heavy atom. The Kier molecular flexibility index (Phi) is 6.75. The number of carboxylic acids is 1. The van der Waals surface area contributed by atoms with Gasteiger partial charge in [0.25, 0.3) is 0 Å². The van der Waals surface area contributed by atoms with Crippen LogP contribution in [0.2, 0.25) is 0 Å². The van der Waals surface area contributed by atoms with Crippen molar-refractivity contribution in [3.05, 3.63) is 65.7 Å². The van der Waals surface area contributed by atoms with Crippen molar-refractivity contribution in [3.8, 4) is 5.75 Å². The summed E-state index contributed by atoms with van der Waals surface area (Å²) in [5, 5.41) is 10.9. The van der Waals surface area contributed by atoms with Crippen LogP contribution in [0.4, 0.5) is 0 Å². The number of carbonyl (C=O) groups is 1. The van der Waals surface area contributed by atoms with E-state index >= 15 is 0 Å². The zero-order valence-electron chi connectivity index (χ0n) is 11.0. The Bertz CT molecular complexity index is 540. The average molecular weight is 280 g/mol. The van der Waals surface area contributed by atoms with E-state index in [-0.39, 0.29) is 63.1 Å². The van der Waals surface area contributed by atoms with Gasteiger partial charge in [-0.3, -0.25) is 0 Å². The quantitative estimate of drug-likeness (QED) is 0.689. The van der Waals surface area contributed by atoms with Crippen LogP contribution in [-0.2, 0) is 0 Å². The normalized spacial score (nSPS) is 11.2. The zero-order chi connectivity index (χ0) is 13.0. The van der Waals surface area contributed by atoms with Crippen molar-refractivity contribution in [1.29, 1.82) is 0 Å². The summed E-state index contributed by atoms with van der Waals surface area (Å²) in [7, 11) is 0. The minimum Gasteiger partial charge on any atom is -0.545 e. The van der Waals surface area contributed by atoms with Gasteiger partial charge in [-0.05, 0) is 24.6 Å². The summed E-state index contributed by atoms with van der Waals surface area (Å²) >= 11 is 0. The van der Waals surface area contributed by atoms with Crippen molar-refractivity contribution in [2.75, 3.05) is 0 Å². The first-order valence-corrected chi connectivity index (χ1v) is 5.70. The molecule has 0 radical (unpaired) electrons. The van der Waals surface area contributed by atoms with E-state index in [1.54, 1.807) is 18.2 Å². The molecule has 2 aromatic rings. The molecule has 92 valence electrons. The molecule has 1 unspecified atom stereocenters. The summed E-state index contributed by atoms with van der Waals surface area (Å²) in [6, 6.07) is 16.1. The molecule has 0 amide bonds. The Labute approximate surface area is 155 Å². The van der Waals surface area contributed by atoms with Crippen LogP contribution in [0.25, 0.3) is 0 Å². The number of ether oxygens (including phenoxy) is 1. The molecule has 0 aliphatic rings. The topological polar surface area (TPSA) is 49.4 Å². The van der Waals surface area contributed by atoms with Crippen molar-refractivity contribution in [1.82, 2.24) is 0 Å². The molecular weight excluding hydrogens is 267 g/mol. The second-order valence-corrected chi connectivity index (χ2v) is 3.95. The Morgan fingerprint density at radius 3 is 2.26 bits per heavy atom. The monoisotopic (exact) mass is 280 g/mol. The third kappa shape index (κ3) is 4.44. The van der Waals surface area contributed by atoms with Crippen LogP contribution in [0.5, 0.6) is 5.75 Å². The van der Waals surface area contributed by atoms with Crippen molar-refractivity contribution in [2.24, 2.45) is 0 Å². The van der Waals surface area contributed by atoms with Gasteiger partial charge in [-0.2, -0.15) is 0 Å². The smallest absolute Gasteiger partial charge is 0.545 e. The van der Waals surface area contributed by atoms with Crippen molar-refractivity contribution in [3.63, 3.8) is 0 Å². The van der Waals surface area contributed by atoms with Crippen molar-refractivity contribution in [2.45, 2.75) is 13.0 Å². The van der Waals surface area contributed by atoms with E-state index in [2.05, 4.69) is 0 Å². The maximum absolute atomic E-state index is 10.9. The van der Waals surface area contributed by atoms with Crippen LogP contribution < -0.4 is 61.2 Å². The predicted molar refractivity (Wildman–Crippen MR) is 66.3 cm³/mol. The predicted octanol–water partition coefficient (Wildman–Crippen LogP) is -0.806. The van der Waals surface area contributed by atoms with E-state index in [9.17, 15) is 9.90 Å². The molecule has 0 aliphatic heterocycles. The van der Waals surface area contributed by atoms with Gasteiger partial charge in [0.05, 0.1) is 5.97 Å². The molecule has 0 saturated carbocycles. The van der Waals surface area contributed by atoms with Crippen LogP contribution in [-0.4, -0.2) is 5.97 Å². The van der Waals surface area contributed by atoms with E-state index < -0.39 is 5.97 Å². The number of hydrogen-bond acceptors (Lipinski definition) is 3. The summed E-state index contributed by atoms with van der Waals surface area (Å²) in [6.07, 6.45) is -0.216. The molecule has 0 saturated heterocycles. The molecule has 0 heterocycles. The van der Waals surface area contributed by atoms with Crippen LogP contribution in [0.15, 0.2) is 54.6 Å². The standard InChI is InChI=1S/C15H14O3.K/c1-11(12-7-3-2-4-8-12)18-14-10-6-5-9-13(14)15(16)17;/h2-11H,1H3,(H,16,17);/q;+1/p-1. The molecule has 0 bridgehead atoms. The number of rotatable bonds is 4. The molecule has 0 N–H and O–H groups in total. The van der Waals surface area contributed by atoms with Gasteiger partial charge in [-0.1, -0.05) is 42.5 Å². The number of carbonyl (C=O) groups excluding carboxylic acids is 1. The van der Waals surface area contributed by atoms with E-state index in [1.165, 1.54) is 6.07 Å². The second kappa shape index (κ2) is 7.82. The van der Waals surface area contributed by atoms with Crippen molar-refractivity contribution >= 4 is 5.97 Å². The molecule has 19 heavy (non-hydrogen) atoms. The van der Waals surface area contributed by atoms with E-state index in [0.29, 0.717) is 5.75 Å². The fourth-order valence-electron chi connectivity index (χ4n) is 1.72. The first kappa shape index (κ1) is 16.4. The zero-order valence-corrected chi connectivity index (χ0v) is 14.1. The fourth-order valence-corrected chi connectivity index (χ4v) is 1.72. The van der Waals surface area contributed by atoms with E-state index in [4.69, 9.17) is 4.74 Å². The molecule has 3 nitrogen and oxygen atoms in total. The summed E-state index contributed by atoms with van der Waals surface area (Å²) in [6.45, 7) is 1.88. The van der Waals surface area contributed by atoms with Gasteiger partial charge < -0.3 is 14.6 Å². The molecule has 1 atom stereocenters. The Hall–Kier alpha value is -0.654. The SMILES string of the molecule is CC(Oc1ccccc1C(=O)[O-])c1ccccc1.[K+]. The first-order chi connectivity index (χ1) is 8.68. The maximum Gasteiger partial charge on any atom is 1.00 e. The van der Waals surface area contributed by atoms with Gasteiger partial charge in [0.2, 0.25) is 0 Å². The van der Waals surface area contributed by atoms with E-state index in [1.807, 2.05) is 37.3 Å². The van der Waals surface area contributed by atoms with Crippen LogP contribution in [0.3, 0.4) is 0 Å². The third-order valence-electron chi connectivity index (χ3n) is 2.68. The largest absolute Gasteiger partial charge is 1.00 e. The minimum absolute atomic E-state index is 0. The molecular formula is C15H13KO3. The Balaban J connectivity index is 0.00000180. The van der Waals surface area contributed by atoms with Crippen LogP contribution in [0, 0.1) is 0 Å². The van der Waals surface area contributed by atoms with Gasteiger partial charge in [-0.25, -0.2) is 0 Å². The Morgan fingerprint density at radius 1 is 1.05 bits per heavy atom. The summed E-state index contributed by atoms with van der Waals surface area (Å²) < 4.78 is 5.67. The number of para-hydroxylation sites is 1. The molecule has 0 aliphatic carbocycles. The number of hydrogen-bond donors (Lipinski definition) is 0. The summed E-state index contributed by atoms with van der Waals surface area (Å²) in [5.74, 6) is -0.903. The fraction of sp³-hybridized carbons (Fsp3) is 0.133. The van der Waals surface area contributed by atoms with Gasteiger partial charge >= 0.3 is 51.4 Å². The molecule has 2 rings (SSSR count). The molecule has 0 fully saturated rings. The molecule has 2 aromatic carbocycles. The average Bonchev–Trinajstić information content (AvgIpc) is 2.40. The molecule has 4 heteroatoms. The van der Waals surface area contributed by atoms with Gasteiger partial charge in [0, 0.05) is 5.56 Å². The van der Waals surface area contributed by atoms with Gasteiger partial charge in [-0.15, -0.1) is 0 Å².